The van der Waals surface area contributed by atoms with Crippen LogP contribution in [-0.2, 0) is 0 Å². The van der Waals surface area contributed by atoms with Gasteiger partial charge in [0.2, 0.25) is 0 Å². The molecule has 1 aliphatic heterocycles. The standard InChI is InChI=1S/C11H16BrN3/c1-8-5-11(14-7-10(8)12)15-4-2-3-9(15)6-13/h5,7,9H,2-4,6,13H2,1H3. The number of halogens is 1. The van der Waals surface area contributed by atoms with Crippen molar-refractivity contribution >= 4 is 21.7 Å². The lowest BCUT2D eigenvalue weighted by Gasteiger charge is -2.24. The topological polar surface area (TPSA) is 42.1 Å². The van der Waals surface area contributed by atoms with Gasteiger partial charge in [-0.3, -0.25) is 0 Å². The fourth-order valence-corrected chi connectivity index (χ4v) is 2.28. The molecule has 0 aromatic carbocycles. The summed E-state index contributed by atoms with van der Waals surface area (Å²) in [6.45, 7) is 3.88. The van der Waals surface area contributed by atoms with E-state index in [1.165, 1.54) is 18.4 Å². The van der Waals surface area contributed by atoms with E-state index in [9.17, 15) is 0 Å². The van der Waals surface area contributed by atoms with Crippen molar-refractivity contribution in [1.82, 2.24) is 4.98 Å². The first kappa shape index (κ1) is 10.9. The van der Waals surface area contributed by atoms with Gasteiger partial charge < -0.3 is 10.6 Å². The Labute approximate surface area is 98.8 Å². The van der Waals surface area contributed by atoms with Crippen LogP contribution in [0.4, 0.5) is 5.82 Å². The molecule has 1 unspecified atom stereocenters. The second-order valence-corrected chi connectivity index (χ2v) is 4.87. The molecule has 82 valence electrons. The van der Waals surface area contributed by atoms with E-state index in [0.717, 1.165) is 23.4 Å². The van der Waals surface area contributed by atoms with Crippen LogP contribution in [0.3, 0.4) is 0 Å². The lowest BCUT2D eigenvalue weighted by Crippen LogP contribution is -2.35. The molecule has 1 atom stereocenters. The van der Waals surface area contributed by atoms with Gasteiger partial charge in [-0.05, 0) is 47.3 Å². The van der Waals surface area contributed by atoms with Crippen molar-refractivity contribution in [2.24, 2.45) is 5.73 Å². The Morgan fingerprint density at radius 3 is 3.13 bits per heavy atom. The molecule has 0 amide bonds. The van der Waals surface area contributed by atoms with Gasteiger partial charge in [0.15, 0.2) is 0 Å². The summed E-state index contributed by atoms with van der Waals surface area (Å²) >= 11 is 3.46. The molecule has 1 saturated heterocycles. The predicted molar refractivity (Wildman–Crippen MR) is 66.1 cm³/mol. The molecule has 1 fully saturated rings. The van der Waals surface area contributed by atoms with Gasteiger partial charge in [0.1, 0.15) is 5.82 Å². The Bertz CT molecular complexity index is 354. The second kappa shape index (κ2) is 4.49. The molecule has 4 heteroatoms. The van der Waals surface area contributed by atoms with Crippen molar-refractivity contribution in [1.29, 1.82) is 0 Å². The summed E-state index contributed by atoms with van der Waals surface area (Å²) in [7, 11) is 0. The lowest BCUT2D eigenvalue weighted by atomic mass is 10.2. The Kier molecular flexibility index (Phi) is 3.26. The van der Waals surface area contributed by atoms with Crippen LogP contribution in [0.2, 0.25) is 0 Å². The van der Waals surface area contributed by atoms with Gasteiger partial charge in [0.05, 0.1) is 0 Å². The molecule has 0 saturated carbocycles. The zero-order chi connectivity index (χ0) is 10.8. The smallest absolute Gasteiger partial charge is 0.129 e. The quantitative estimate of drug-likeness (QED) is 0.894. The first-order chi connectivity index (χ1) is 7.22. The van der Waals surface area contributed by atoms with E-state index in [2.05, 4.69) is 38.8 Å². The highest BCUT2D eigenvalue weighted by atomic mass is 79.9. The van der Waals surface area contributed by atoms with Crippen LogP contribution >= 0.6 is 15.9 Å². The fraction of sp³-hybridized carbons (Fsp3) is 0.545. The average molecular weight is 270 g/mol. The van der Waals surface area contributed by atoms with Gasteiger partial charge in [0, 0.05) is 29.8 Å². The summed E-state index contributed by atoms with van der Waals surface area (Å²) in [5.41, 5.74) is 6.98. The molecule has 2 heterocycles. The molecular formula is C11H16BrN3. The maximum atomic E-state index is 5.75. The van der Waals surface area contributed by atoms with Crippen LogP contribution < -0.4 is 10.6 Å². The third-order valence-corrected chi connectivity index (χ3v) is 3.81. The van der Waals surface area contributed by atoms with Crippen molar-refractivity contribution in [2.75, 3.05) is 18.0 Å². The number of aromatic nitrogens is 1. The van der Waals surface area contributed by atoms with E-state index in [1.807, 2.05) is 6.20 Å². The van der Waals surface area contributed by atoms with Gasteiger partial charge in [-0.15, -0.1) is 0 Å². The van der Waals surface area contributed by atoms with Gasteiger partial charge in [0.25, 0.3) is 0 Å². The van der Waals surface area contributed by atoms with Crippen LogP contribution in [0.1, 0.15) is 18.4 Å². The summed E-state index contributed by atoms with van der Waals surface area (Å²) in [6.07, 6.45) is 4.28. The predicted octanol–water partition coefficient (Wildman–Crippen LogP) is 2.08. The molecule has 3 nitrogen and oxygen atoms in total. The van der Waals surface area contributed by atoms with Crippen molar-refractivity contribution in [2.45, 2.75) is 25.8 Å². The number of aryl methyl sites for hydroxylation is 1. The van der Waals surface area contributed by atoms with Crippen LogP contribution in [-0.4, -0.2) is 24.1 Å². The average Bonchev–Trinajstić information content (AvgIpc) is 2.70. The highest BCUT2D eigenvalue weighted by Gasteiger charge is 2.24. The molecular weight excluding hydrogens is 254 g/mol. The van der Waals surface area contributed by atoms with E-state index >= 15 is 0 Å². The first-order valence-electron chi connectivity index (χ1n) is 5.31. The van der Waals surface area contributed by atoms with E-state index in [4.69, 9.17) is 5.73 Å². The number of hydrogen-bond donors (Lipinski definition) is 1. The SMILES string of the molecule is Cc1cc(N2CCCC2CN)ncc1Br. The van der Waals surface area contributed by atoms with Gasteiger partial charge >= 0.3 is 0 Å². The molecule has 1 aromatic rings. The number of anilines is 1. The number of nitrogens with zero attached hydrogens (tertiary/aromatic N) is 2. The Morgan fingerprint density at radius 2 is 2.47 bits per heavy atom. The highest BCUT2D eigenvalue weighted by Crippen LogP contribution is 2.26. The summed E-state index contributed by atoms with van der Waals surface area (Å²) < 4.78 is 1.06. The molecule has 1 aromatic heterocycles. The van der Waals surface area contributed by atoms with Crippen LogP contribution in [0.5, 0.6) is 0 Å². The maximum Gasteiger partial charge on any atom is 0.129 e. The van der Waals surface area contributed by atoms with Gasteiger partial charge in [-0.2, -0.15) is 0 Å². The minimum absolute atomic E-state index is 0.470. The van der Waals surface area contributed by atoms with Crippen molar-refractivity contribution in [3.63, 3.8) is 0 Å². The number of hydrogen-bond acceptors (Lipinski definition) is 3. The van der Waals surface area contributed by atoms with E-state index in [1.54, 1.807) is 0 Å². The lowest BCUT2D eigenvalue weighted by molar-refractivity contribution is 0.671. The van der Waals surface area contributed by atoms with Gasteiger partial charge in [-0.25, -0.2) is 4.98 Å². The molecule has 2 rings (SSSR count). The molecule has 1 aliphatic rings. The highest BCUT2D eigenvalue weighted by molar-refractivity contribution is 9.10. The minimum Gasteiger partial charge on any atom is -0.352 e. The summed E-state index contributed by atoms with van der Waals surface area (Å²) in [6, 6.07) is 2.59. The molecule has 15 heavy (non-hydrogen) atoms. The molecule has 0 radical (unpaired) electrons. The monoisotopic (exact) mass is 269 g/mol. The van der Waals surface area contributed by atoms with E-state index < -0.39 is 0 Å². The second-order valence-electron chi connectivity index (χ2n) is 4.02. The van der Waals surface area contributed by atoms with Crippen LogP contribution in [0.15, 0.2) is 16.7 Å². The molecule has 2 N–H and O–H groups in total. The van der Waals surface area contributed by atoms with Gasteiger partial charge in [-0.1, -0.05) is 0 Å². The Hall–Kier alpha value is -0.610. The molecule has 0 spiro atoms. The summed E-state index contributed by atoms with van der Waals surface area (Å²) in [4.78, 5) is 6.76. The zero-order valence-corrected chi connectivity index (χ0v) is 10.5. The van der Waals surface area contributed by atoms with E-state index in [-0.39, 0.29) is 0 Å². The number of nitrogens with two attached hydrogens (primary N) is 1. The van der Waals surface area contributed by atoms with Crippen LogP contribution in [0.25, 0.3) is 0 Å². The summed E-state index contributed by atoms with van der Waals surface area (Å²) in [5.74, 6) is 1.06. The zero-order valence-electron chi connectivity index (χ0n) is 8.91. The molecule has 0 bridgehead atoms. The third-order valence-electron chi connectivity index (χ3n) is 2.98. The first-order valence-corrected chi connectivity index (χ1v) is 6.10. The molecule has 0 aliphatic carbocycles. The fourth-order valence-electron chi connectivity index (χ4n) is 2.06. The minimum atomic E-state index is 0.470. The Morgan fingerprint density at radius 1 is 1.67 bits per heavy atom. The van der Waals surface area contributed by atoms with Crippen molar-refractivity contribution < 1.29 is 0 Å². The van der Waals surface area contributed by atoms with Crippen LogP contribution in [0, 0.1) is 6.92 Å². The maximum absolute atomic E-state index is 5.75. The third kappa shape index (κ3) is 2.16. The van der Waals surface area contributed by atoms with Crippen molar-refractivity contribution in [3.05, 3.63) is 22.3 Å². The normalized spacial score (nSPS) is 21.0. The number of pyridine rings is 1. The number of rotatable bonds is 2. The summed E-state index contributed by atoms with van der Waals surface area (Å²) in [5, 5.41) is 0. The largest absolute Gasteiger partial charge is 0.352 e. The van der Waals surface area contributed by atoms with Crippen molar-refractivity contribution in [3.8, 4) is 0 Å². The Balaban J connectivity index is 2.25. The van der Waals surface area contributed by atoms with E-state index in [0.29, 0.717) is 6.04 Å².